The number of aromatic nitrogens is 2. The van der Waals surface area contributed by atoms with Crippen molar-refractivity contribution in [3.8, 4) is 0 Å². The molecule has 1 aromatic carbocycles. The number of hydrogen-bond acceptors (Lipinski definition) is 7. The van der Waals surface area contributed by atoms with Crippen LogP contribution in [0.3, 0.4) is 0 Å². The Morgan fingerprint density at radius 3 is 2.26 bits per heavy atom. The van der Waals surface area contributed by atoms with Crippen LogP contribution in [0.25, 0.3) is 11.1 Å². The maximum atomic E-state index is 13.3. The van der Waals surface area contributed by atoms with Crippen LogP contribution in [0.2, 0.25) is 0 Å². The van der Waals surface area contributed by atoms with E-state index in [1.54, 1.807) is 31.2 Å². The smallest absolute Gasteiger partial charge is 0.260 e. The number of carbonyl (C=O) groups excluding carboxylic acids is 1. The first-order valence-corrected chi connectivity index (χ1v) is 13.3. The molecular weight excluding hydrogens is 454 g/mol. The molecule has 0 unspecified atom stereocenters. The van der Waals surface area contributed by atoms with Crippen molar-refractivity contribution in [1.29, 1.82) is 0 Å². The van der Waals surface area contributed by atoms with Gasteiger partial charge in [0.2, 0.25) is 15.7 Å². The highest BCUT2D eigenvalue weighted by Crippen LogP contribution is 2.33. The van der Waals surface area contributed by atoms with Crippen LogP contribution in [-0.2, 0) is 10.0 Å². The van der Waals surface area contributed by atoms with E-state index >= 15 is 0 Å². The van der Waals surface area contributed by atoms with Crippen LogP contribution in [0.4, 0.5) is 11.5 Å². The van der Waals surface area contributed by atoms with Crippen LogP contribution < -0.4 is 10.2 Å². The maximum Gasteiger partial charge on any atom is 0.260 e. The lowest BCUT2D eigenvalue weighted by Gasteiger charge is -2.28. The molecule has 10 heteroatoms. The van der Waals surface area contributed by atoms with Gasteiger partial charge in [-0.3, -0.25) is 4.79 Å². The van der Waals surface area contributed by atoms with E-state index in [4.69, 9.17) is 4.42 Å². The largest absolute Gasteiger partial charge is 0.442 e. The van der Waals surface area contributed by atoms with Crippen LogP contribution in [-0.4, -0.2) is 54.8 Å². The molecule has 2 saturated heterocycles. The average Bonchev–Trinajstić information content (AvgIpc) is 3.21. The summed E-state index contributed by atoms with van der Waals surface area (Å²) in [4.78, 5) is 24.4. The normalized spacial score (nSPS) is 17.7. The summed E-state index contributed by atoms with van der Waals surface area (Å²) in [5, 5.41) is 3.50. The lowest BCUT2D eigenvalue weighted by atomic mass is 10.1. The predicted octanol–water partition coefficient (Wildman–Crippen LogP) is 3.95. The van der Waals surface area contributed by atoms with E-state index in [0.717, 1.165) is 51.0 Å². The van der Waals surface area contributed by atoms with Gasteiger partial charge in [-0.05, 0) is 63.3 Å². The quantitative estimate of drug-likeness (QED) is 0.585. The number of nitrogens with zero attached hydrogens (tertiary/aromatic N) is 4. The second kappa shape index (κ2) is 9.34. The molecule has 9 nitrogen and oxygen atoms in total. The molecule has 34 heavy (non-hydrogen) atoms. The monoisotopic (exact) mass is 483 g/mol. The average molecular weight is 484 g/mol. The summed E-state index contributed by atoms with van der Waals surface area (Å²) < 4.78 is 33.1. The summed E-state index contributed by atoms with van der Waals surface area (Å²) in [6.07, 6.45) is 7.64. The number of fused-ring (bicyclic) bond motifs is 1. The number of piperidine rings is 2. The Hall–Kier alpha value is -2.98. The Bertz CT molecular complexity index is 1290. The van der Waals surface area contributed by atoms with Crippen molar-refractivity contribution in [3.05, 3.63) is 41.9 Å². The van der Waals surface area contributed by atoms with E-state index in [-0.39, 0.29) is 10.8 Å². The molecule has 180 valence electrons. The molecule has 2 aliphatic rings. The number of hydrogen-bond donors (Lipinski definition) is 1. The third kappa shape index (κ3) is 4.27. The van der Waals surface area contributed by atoms with Crippen molar-refractivity contribution in [2.24, 2.45) is 0 Å². The van der Waals surface area contributed by atoms with Crippen LogP contribution in [0.5, 0.6) is 0 Å². The highest BCUT2D eigenvalue weighted by atomic mass is 32.2. The molecule has 2 fully saturated rings. The predicted molar refractivity (Wildman–Crippen MR) is 130 cm³/mol. The first-order valence-electron chi connectivity index (χ1n) is 11.9. The van der Waals surface area contributed by atoms with E-state index in [0.29, 0.717) is 41.2 Å². The molecule has 2 aliphatic heterocycles. The molecule has 4 heterocycles. The SMILES string of the molecule is Cc1oc2ncnc(N3CCCCC3)c2c1C(=O)Nc1ccc(S(=O)(=O)N2CCCCC2)cc1. The van der Waals surface area contributed by atoms with Crippen LogP contribution >= 0.6 is 0 Å². The zero-order valence-electron chi connectivity index (χ0n) is 19.3. The Balaban J connectivity index is 1.40. The number of amides is 1. The standard InChI is InChI=1S/C24H29N5O4S/c1-17-20(21-22(25-16-26-24(21)33-17)28-12-4-2-5-13-28)23(30)27-18-8-10-19(11-9-18)34(31,32)29-14-6-3-7-15-29/h8-11,16H,2-7,12-15H2,1H3,(H,27,30). The molecule has 0 aliphatic carbocycles. The summed E-state index contributed by atoms with van der Waals surface area (Å²) in [5.41, 5.74) is 1.30. The third-order valence-corrected chi connectivity index (χ3v) is 8.50. The van der Waals surface area contributed by atoms with Gasteiger partial charge in [0, 0.05) is 31.9 Å². The molecule has 0 saturated carbocycles. The van der Waals surface area contributed by atoms with Gasteiger partial charge in [0.25, 0.3) is 5.91 Å². The molecule has 1 N–H and O–H groups in total. The van der Waals surface area contributed by atoms with E-state index in [1.807, 2.05) is 0 Å². The summed E-state index contributed by atoms with van der Waals surface area (Å²) in [5.74, 6) is 0.848. The fourth-order valence-electron chi connectivity index (χ4n) is 4.81. The lowest BCUT2D eigenvalue weighted by molar-refractivity contribution is 0.102. The van der Waals surface area contributed by atoms with Crippen molar-refractivity contribution in [2.75, 3.05) is 36.4 Å². The topological polar surface area (TPSA) is 109 Å². The summed E-state index contributed by atoms with van der Waals surface area (Å²) in [6, 6.07) is 6.33. The van der Waals surface area contributed by atoms with Crippen LogP contribution in [0.15, 0.2) is 39.9 Å². The molecular formula is C24H29N5O4S. The highest BCUT2D eigenvalue weighted by Gasteiger charge is 2.27. The third-order valence-electron chi connectivity index (χ3n) is 6.59. The number of benzene rings is 1. The van der Waals surface area contributed by atoms with Crippen molar-refractivity contribution in [3.63, 3.8) is 0 Å². The highest BCUT2D eigenvalue weighted by molar-refractivity contribution is 7.89. The van der Waals surface area contributed by atoms with Crippen molar-refractivity contribution < 1.29 is 17.6 Å². The molecule has 1 amide bonds. The molecule has 2 aromatic heterocycles. The minimum Gasteiger partial charge on any atom is -0.442 e. The second-order valence-electron chi connectivity index (χ2n) is 8.90. The summed E-state index contributed by atoms with van der Waals surface area (Å²) >= 11 is 0. The van der Waals surface area contributed by atoms with Crippen LogP contribution in [0.1, 0.15) is 54.6 Å². The van der Waals surface area contributed by atoms with Gasteiger partial charge in [-0.15, -0.1) is 0 Å². The van der Waals surface area contributed by atoms with E-state index in [2.05, 4.69) is 20.2 Å². The minimum absolute atomic E-state index is 0.234. The fourth-order valence-corrected chi connectivity index (χ4v) is 6.32. The van der Waals surface area contributed by atoms with Gasteiger partial charge >= 0.3 is 0 Å². The molecule has 0 radical (unpaired) electrons. The van der Waals surface area contributed by atoms with Gasteiger partial charge in [0.1, 0.15) is 17.9 Å². The molecule has 0 spiro atoms. The van der Waals surface area contributed by atoms with Crippen LogP contribution in [0, 0.1) is 6.92 Å². The molecule has 3 aromatic rings. The second-order valence-corrected chi connectivity index (χ2v) is 10.8. The zero-order valence-corrected chi connectivity index (χ0v) is 20.1. The van der Waals surface area contributed by atoms with Crippen molar-refractivity contribution in [1.82, 2.24) is 14.3 Å². The number of rotatable bonds is 5. The number of aryl methyl sites for hydroxylation is 1. The zero-order chi connectivity index (χ0) is 23.7. The molecule has 0 atom stereocenters. The maximum absolute atomic E-state index is 13.3. The van der Waals surface area contributed by atoms with E-state index < -0.39 is 10.0 Å². The van der Waals surface area contributed by atoms with Gasteiger partial charge in [-0.25, -0.2) is 18.4 Å². The molecule has 0 bridgehead atoms. The number of carbonyl (C=O) groups is 1. The van der Waals surface area contributed by atoms with E-state index in [1.165, 1.54) is 17.1 Å². The fraction of sp³-hybridized carbons (Fsp3) is 0.458. The van der Waals surface area contributed by atoms with Gasteiger partial charge in [-0.1, -0.05) is 6.42 Å². The summed E-state index contributed by atoms with van der Waals surface area (Å²) in [7, 11) is -3.52. The Morgan fingerprint density at radius 2 is 1.59 bits per heavy atom. The van der Waals surface area contributed by atoms with Gasteiger partial charge in [0.05, 0.1) is 15.8 Å². The van der Waals surface area contributed by atoms with Gasteiger partial charge in [-0.2, -0.15) is 4.31 Å². The first-order chi connectivity index (χ1) is 16.4. The first kappa shape index (κ1) is 22.8. The Labute approximate surface area is 199 Å². The van der Waals surface area contributed by atoms with Gasteiger partial charge in [0.15, 0.2) is 0 Å². The number of anilines is 2. The van der Waals surface area contributed by atoms with Crippen molar-refractivity contribution >= 4 is 38.5 Å². The Kier molecular flexibility index (Phi) is 6.26. The summed E-state index contributed by atoms with van der Waals surface area (Å²) in [6.45, 7) is 4.60. The Morgan fingerprint density at radius 1 is 0.941 bits per heavy atom. The lowest BCUT2D eigenvalue weighted by Crippen LogP contribution is -2.35. The number of sulfonamides is 1. The molecule has 5 rings (SSSR count). The van der Waals surface area contributed by atoms with Gasteiger partial charge < -0.3 is 14.6 Å². The number of nitrogens with one attached hydrogen (secondary N) is 1. The minimum atomic E-state index is -3.52. The van der Waals surface area contributed by atoms with E-state index in [9.17, 15) is 13.2 Å². The number of furan rings is 1. The van der Waals surface area contributed by atoms with Crippen molar-refractivity contribution in [2.45, 2.75) is 50.3 Å².